The maximum absolute atomic E-state index is 5.93. The van der Waals surface area contributed by atoms with Gasteiger partial charge in [0.05, 0.1) is 0 Å². The van der Waals surface area contributed by atoms with Gasteiger partial charge in [0.25, 0.3) is 0 Å². The lowest BCUT2D eigenvalue weighted by Crippen LogP contribution is -2.40. The third kappa shape index (κ3) is 4.07. The van der Waals surface area contributed by atoms with Crippen LogP contribution in [0.25, 0.3) is 0 Å². The Morgan fingerprint density at radius 2 is 2.30 bits per heavy atom. The van der Waals surface area contributed by atoms with Crippen molar-refractivity contribution in [3.8, 4) is 5.88 Å². The second kappa shape index (κ2) is 7.43. The molecule has 0 spiro atoms. The summed E-state index contributed by atoms with van der Waals surface area (Å²) in [5.74, 6) is 1.36. The second-order valence-electron chi connectivity index (χ2n) is 5.55. The number of nitrogens with zero attached hydrogens (tertiary/aromatic N) is 3. The van der Waals surface area contributed by atoms with Crippen LogP contribution in [-0.2, 0) is 0 Å². The van der Waals surface area contributed by atoms with Gasteiger partial charge in [-0.05, 0) is 39.8 Å². The van der Waals surface area contributed by atoms with Crippen LogP contribution in [0.1, 0.15) is 38.2 Å². The van der Waals surface area contributed by atoms with E-state index >= 15 is 0 Å². The molecule has 1 aliphatic rings. The topological polar surface area (TPSA) is 50.3 Å². The zero-order valence-electron chi connectivity index (χ0n) is 12.9. The monoisotopic (exact) mass is 278 g/mol. The van der Waals surface area contributed by atoms with Crippen molar-refractivity contribution in [3.63, 3.8) is 0 Å². The standard InChI is InChI=1S/C15H26N4O/c1-4-8-16-15-17-10-12(2)14(18-15)20-11-13-7-5-6-9-19(13)3/h10,13H,4-9,11H2,1-3H3,(H,16,17,18). The third-order valence-electron chi connectivity index (χ3n) is 3.79. The highest BCUT2D eigenvalue weighted by molar-refractivity contribution is 5.32. The van der Waals surface area contributed by atoms with E-state index in [1.165, 1.54) is 25.8 Å². The molecule has 0 aromatic carbocycles. The van der Waals surface area contributed by atoms with Crippen LogP contribution in [0.5, 0.6) is 5.88 Å². The number of aryl methyl sites for hydroxylation is 1. The summed E-state index contributed by atoms with van der Waals surface area (Å²) in [7, 11) is 2.17. The van der Waals surface area contributed by atoms with E-state index in [1.807, 2.05) is 13.1 Å². The van der Waals surface area contributed by atoms with Gasteiger partial charge in [0.1, 0.15) is 6.61 Å². The number of hydrogen-bond acceptors (Lipinski definition) is 5. The Bertz CT molecular complexity index is 424. The number of rotatable bonds is 6. The molecule has 112 valence electrons. The van der Waals surface area contributed by atoms with E-state index in [1.54, 1.807) is 0 Å². The summed E-state index contributed by atoms with van der Waals surface area (Å²) in [5, 5.41) is 3.20. The number of likely N-dealkylation sites (N-methyl/N-ethyl adjacent to an activating group) is 1. The van der Waals surface area contributed by atoms with Crippen LogP contribution < -0.4 is 10.1 Å². The van der Waals surface area contributed by atoms with Gasteiger partial charge in [0, 0.05) is 24.3 Å². The largest absolute Gasteiger partial charge is 0.476 e. The molecule has 1 unspecified atom stereocenters. The first kappa shape index (κ1) is 15.0. The van der Waals surface area contributed by atoms with Gasteiger partial charge in [-0.1, -0.05) is 13.3 Å². The Morgan fingerprint density at radius 3 is 3.05 bits per heavy atom. The molecule has 0 amide bonds. The van der Waals surface area contributed by atoms with E-state index in [2.05, 4.69) is 34.2 Å². The lowest BCUT2D eigenvalue weighted by atomic mass is 10.0. The molecule has 1 saturated heterocycles. The molecular weight excluding hydrogens is 252 g/mol. The number of likely N-dealkylation sites (tertiary alicyclic amines) is 1. The fourth-order valence-electron chi connectivity index (χ4n) is 2.42. The first-order valence-corrected chi connectivity index (χ1v) is 7.61. The molecule has 5 heteroatoms. The molecule has 2 rings (SSSR count). The first-order valence-electron chi connectivity index (χ1n) is 7.61. The minimum Gasteiger partial charge on any atom is -0.476 e. The molecule has 20 heavy (non-hydrogen) atoms. The number of nitrogens with one attached hydrogen (secondary N) is 1. The number of hydrogen-bond donors (Lipinski definition) is 1. The van der Waals surface area contributed by atoms with E-state index in [0.29, 0.717) is 24.5 Å². The highest BCUT2D eigenvalue weighted by atomic mass is 16.5. The molecule has 0 radical (unpaired) electrons. The fraction of sp³-hybridized carbons (Fsp3) is 0.733. The van der Waals surface area contributed by atoms with E-state index in [-0.39, 0.29) is 0 Å². The van der Waals surface area contributed by atoms with Crippen LogP contribution >= 0.6 is 0 Å². The van der Waals surface area contributed by atoms with Crippen molar-refractivity contribution in [2.24, 2.45) is 0 Å². The van der Waals surface area contributed by atoms with Crippen molar-refractivity contribution in [3.05, 3.63) is 11.8 Å². The number of ether oxygens (including phenoxy) is 1. The predicted molar refractivity (Wildman–Crippen MR) is 81.3 cm³/mol. The van der Waals surface area contributed by atoms with Crippen LogP contribution in [0.4, 0.5) is 5.95 Å². The molecule has 2 heterocycles. The zero-order valence-corrected chi connectivity index (χ0v) is 12.9. The van der Waals surface area contributed by atoms with E-state index in [0.717, 1.165) is 18.5 Å². The summed E-state index contributed by atoms with van der Waals surface area (Å²) < 4.78 is 5.93. The molecule has 1 aliphatic heterocycles. The molecule has 0 aliphatic carbocycles. The summed E-state index contributed by atoms with van der Waals surface area (Å²) in [6.07, 6.45) is 6.68. The highest BCUT2D eigenvalue weighted by Gasteiger charge is 2.20. The summed E-state index contributed by atoms with van der Waals surface area (Å²) in [5.41, 5.74) is 0.991. The lowest BCUT2D eigenvalue weighted by molar-refractivity contribution is 0.122. The molecular formula is C15H26N4O. The smallest absolute Gasteiger partial charge is 0.225 e. The quantitative estimate of drug-likeness (QED) is 0.866. The minimum atomic E-state index is 0.505. The Balaban J connectivity index is 1.93. The third-order valence-corrected chi connectivity index (χ3v) is 3.79. The number of aromatic nitrogens is 2. The van der Waals surface area contributed by atoms with Crippen molar-refractivity contribution >= 4 is 5.95 Å². The Morgan fingerprint density at radius 1 is 1.45 bits per heavy atom. The Hall–Kier alpha value is -1.36. The Kier molecular flexibility index (Phi) is 5.59. The molecule has 1 N–H and O–H groups in total. The van der Waals surface area contributed by atoms with Gasteiger partial charge in [-0.3, -0.25) is 0 Å². The van der Waals surface area contributed by atoms with E-state index < -0.39 is 0 Å². The summed E-state index contributed by atoms with van der Waals surface area (Å²) in [6.45, 7) is 6.87. The number of anilines is 1. The second-order valence-corrected chi connectivity index (χ2v) is 5.55. The predicted octanol–water partition coefficient (Wildman–Crippen LogP) is 2.47. The van der Waals surface area contributed by atoms with Gasteiger partial charge >= 0.3 is 0 Å². The lowest BCUT2D eigenvalue weighted by Gasteiger charge is -2.32. The number of piperidine rings is 1. The zero-order chi connectivity index (χ0) is 14.4. The maximum atomic E-state index is 5.93. The summed E-state index contributed by atoms with van der Waals surface area (Å²) in [4.78, 5) is 11.1. The van der Waals surface area contributed by atoms with Crippen molar-refractivity contribution < 1.29 is 4.74 Å². The van der Waals surface area contributed by atoms with Crippen LogP contribution in [-0.4, -0.2) is 47.7 Å². The van der Waals surface area contributed by atoms with Crippen LogP contribution in [0, 0.1) is 6.92 Å². The summed E-state index contributed by atoms with van der Waals surface area (Å²) >= 11 is 0. The fourth-order valence-corrected chi connectivity index (χ4v) is 2.42. The van der Waals surface area contributed by atoms with Crippen LogP contribution in [0.2, 0.25) is 0 Å². The molecule has 1 aromatic heterocycles. The van der Waals surface area contributed by atoms with Gasteiger partial charge in [-0.15, -0.1) is 0 Å². The van der Waals surface area contributed by atoms with E-state index in [9.17, 15) is 0 Å². The van der Waals surface area contributed by atoms with Crippen LogP contribution in [0.15, 0.2) is 6.20 Å². The molecule has 1 aromatic rings. The minimum absolute atomic E-state index is 0.505. The molecule has 0 saturated carbocycles. The van der Waals surface area contributed by atoms with Gasteiger partial charge in [0.2, 0.25) is 11.8 Å². The van der Waals surface area contributed by atoms with Gasteiger partial charge in [0.15, 0.2) is 0 Å². The molecule has 1 fully saturated rings. The van der Waals surface area contributed by atoms with Crippen molar-refractivity contribution in [1.29, 1.82) is 0 Å². The van der Waals surface area contributed by atoms with E-state index in [4.69, 9.17) is 4.74 Å². The molecule has 5 nitrogen and oxygen atoms in total. The average Bonchev–Trinajstić information content (AvgIpc) is 2.46. The van der Waals surface area contributed by atoms with Crippen molar-refractivity contribution in [1.82, 2.24) is 14.9 Å². The Labute approximate surface area is 121 Å². The normalized spacial score (nSPS) is 19.9. The summed E-state index contributed by atoms with van der Waals surface area (Å²) in [6, 6.07) is 0.505. The SMILES string of the molecule is CCCNc1ncc(C)c(OCC2CCCCN2C)n1. The van der Waals surface area contributed by atoms with Gasteiger partial charge in [-0.2, -0.15) is 4.98 Å². The van der Waals surface area contributed by atoms with Gasteiger partial charge < -0.3 is 15.0 Å². The van der Waals surface area contributed by atoms with Crippen LogP contribution in [0.3, 0.4) is 0 Å². The highest BCUT2D eigenvalue weighted by Crippen LogP contribution is 2.19. The molecule has 0 bridgehead atoms. The first-order chi connectivity index (χ1) is 9.70. The van der Waals surface area contributed by atoms with Gasteiger partial charge in [-0.25, -0.2) is 4.98 Å². The van der Waals surface area contributed by atoms with Crippen molar-refractivity contribution in [2.45, 2.75) is 45.6 Å². The molecule has 1 atom stereocenters. The van der Waals surface area contributed by atoms with Crippen molar-refractivity contribution in [2.75, 3.05) is 32.1 Å². The maximum Gasteiger partial charge on any atom is 0.225 e. The average molecular weight is 278 g/mol.